The minimum atomic E-state index is -0.0733. The largest absolute Gasteiger partial charge is 0.305 e. The van der Waals surface area contributed by atoms with Gasteiger partial charge in [-0.05, 0) is 42.3 Å². The maximum absolute atomic E-state index is 6.30. The number of rotatable bonds is 1. The predicted molar refractivity (Wildman–Crippen MR) is 90.6 cm³/mol. The van der Waals surface area contributed by atoms with Gasteiger partial charge in [0.2, 0.25) is 0 Å². The Labute approximate surface area is 136 Å². The van der Waals surface area contributed by atoms with Gasteiger partial charge in [0, 0.05) is 18.5 Å². The Morgan fingerprint density at radius 3 is 2.43 bits per heavy atom. The molecule has 3 heteroatoms. The van der Waals surface area contributed by atoms with Crippen LogP contribution >= 0.6 is 23.2 Å². The first-order valence-corrected chi connectivity index (χ1v) is 7.99. The fraction of sp³-hybridized carbons (Fsp3) is 0.333. The molecule has 0 bridgehead atoms. The molecule has 1 atom stereocenters. The second kappa shape index (κ2) is 5.64. The molecular weight excluding hydrogens is 301 g/mol. The van der Waals surface area contributed by atoms with Gasteiger partial charge < -0.3 is 4.90 Å². The van der Waals surface area contributed by atoms with Crippen molar-refractivity contribution in [3.05, 3.63) is 69.2 Å². The number of fused-ring (bicyclic) bond motifs is 1. The summed E-state index contributed by atoms with van der Waals surface area (Å²) in [5, 5.41) is 1.29. The first-order valence-electron chi connectivity index (χ1n) is 7.23. The van der Waals surface area contributed by atoms with Crippen LogP contribution in [0.4, 0.5) is 0 Å². The van der Waals surface area contributed by atoms with Gasteiger partial charge in [0.25, 0.3) is 0 Å². The lowest BCUT2D eigenvalue weighted by molar-refractivity contribution is 0.295. The van der Waals surface area contributed by atoms with Crippen LogP contribution in [0.5, 0.6) is 0 Å². The van der Waals surface area contributed by atoms with E-state index in [0.717, 1.165) is 19.5 Å². The van der Waals surface area contributed by atoms with Gasteiger partial charge in [0.1, 0.15) is 0 Å². The lowest BCUT2D eigenvalue weighted by Crippen LogP contribution is -2.36. The molecule has 0 fully saturated rings. The third-order valence-electron chi connectivity index (χ3n) is 4.50. The standard InChI is InChI=1S/C18H19Cl2N/c1-18(14-6-4-3-5-7-14)12-21(2)9-8-13-10-16(19)17(20)11-15(13)18/h3-7,10-11H,8-9,12H2,1-2H3. The van der Waals surface area contributed by atoms with Gasteiger partial charge in [0.05, 0.1) is 10.0 Å². The Hall–Kier alpha value is -1.02. The molecule has 2 aromatic rings. The average molecular weight is 320 g/mol. The minimum absolute atomic E-state index is 0.0733. The van der Waals surface area contributed by atoms with Crippen LogP contribution in [0.15, 0.2) is 42.5 Å². The number of hydrogen-bond acceptors (Lipinski definition) is 1. The van der Waals surface area contributed by atoms with Crippen LogP contribution in [-0.2, 0) is 11.8 Å². The van der Waals surface area contributed by atoms with Crippen molar-refractivity contribution >= 4 is 23.2 Å². The molecule has 110 valence electrons. The molecule has 1 unspecified atom stereocenters. The van der Waals surface area contributed by atoms with Crippen molar-refractivity contribution in [3.8, 4) is 0 Å². The molecule has 3 rings (SSSR count). The van der Waals surface area contributed by atoms with Gasteiger partial charge in [-0.3, -0.25) is 0 Å². The zero-order chi connectivity index (χ0) is 15.0. The molecule has 1 aliphatic heterocycles. The van der Waals surface area contributed by atoms with Crippen molar-refractivity contribution in [2.24, 2.45) is 0 Å². The quantitative estimate of drug-likeness (QED) is 0.730. The third kappa shape index (κ3) is 2.70. The van der Waals surface area contributed by atoms with Crippen molar-refractivity contribution in [2.45, 2.75) is 18.8 Å². The van der Waals surface area contributed by atoms with Crippen LogP contribution in [-0.4, -0.2) is 25.0 Å². The van der Waals surface area contributed by atoms with E-state index < -0.39 is 0 Å². The van der Waals surface area contributed by atoms with Crippen LogP contribution in [0.2, 0.25) is 10.0 Å². The second-order valence-electron chi connectivity index (χ2n) is 6.11. The lowest BCUT2D eigenvalue weighted by atomic mass is 9.74. The van der Waals surface area contributed by atoms with Gasteiger partial charge in [-0.1, -0.05) is 60.5 Å². The highest BCUT2D eigenvalue weighted by atomic mass is 35.5. The molecule has 0 spiro atoms. The fourth-order valence-corrected chi connectivity index (χ4v) is 3.73. The Morgan fingerprint density at radius 2 is 1.71 bits per heavy atom. The van der Waals surface area contributed by atoms with E-state index in [-0.39, 0.29) is 5.41 Å². The van der Waals surface area contributed by atoms with Crippen LogP contribution < -0.4 is 0 Å². The molecule has 1 nitrogen and oxygen atoms in total. The molecule has 0 N–H and O–H groups in total. The zero-order valence-electron chi connectivity index (χ0n) is 12.4. The van der Waals surface area contributed by atoms with E-state index in [1.165, 1.54) is 16.7 Å². The number of nitrogens with zero attached hydrogens (tertiary/aromatic N) is 1. The van der Waals surface area contributed by atoms with Crippen molar-refractivity contribution in [2.75, 3.05) is 20.1 Å². The summed E-state index contributed by atoms with van der Waals surface area (Å²) in [4.78, 5) is 2.38. The number of hydrogen-bond donors (Lipinski definition) is 0. The molecule has 0 saturated heterocycles. The Kier molecular flexibility index (Phi) is 4.00. The van der Waals surface area contributed by atoms with Gasteiger partial charge >= 0.3 is 0 Å². The smallest absolute Gasteiger partial charge is 0.0595 e. The molecule has 0 saturated carbocycles. The number of likely N-dealkylation sites (N-methyl/N-ethyl adjacent to an activating group) is 1. The van der Waals surface area contributed by atoms with Crippen molar-refractivity contribution in [1.29, 1.82) is 0 Å². The van der Waals surface area contributed by atoms with Gasteiger partial charge in [-0.15, -0.1) is 0 Å². The highest BCUT2D eigenvalue weighted by Gasteiger charge is 2.34. The molecule has 21 heavy (non-hydrogen) atoms. The van der Waals surface area contributed by atoms with Crippen LogP contribution in [0.25, 0.3) is 0 Å². The summed E-state index contributed by atoms with van der Waals surface area (Å²) >= 11 is 12.5. The summed E-state index contributed by atoms with van der Waals surface area (Å²) in [6, 6.07) is 14.8. The van der Waals surface area contributed by atoms with Crippen LogP contribution in [0, 0.1) is 0 Å². The zero-order valence-corrected chi connectivity index (χ0v) is 13.9. The predicted octanol–water partition coefficient (Wildman–Crippen LogP) is 4.79. The summed E-state index contributed by atoms with van der Waals surface area (Å²) in [5.74, 6) is 0. The molecule has 0 amide bonds. The fourth-order valence-electron chi connectivity index (χ4n) is 3.38. The Morgan fingerprint density at radius 1 is 1.05 bits per heavy atom. The second-order valence-corrected chi connectivity index (χ2v) is 6.92. The topological polar surface area (TPSA) is 3.24 Å². The maximum Gasteiger partial charge on any atom is 0.0595 e. The van der Waals surface area contributed by atoms with Gasteiger partial charge in [0.15, 0.2) is 0 Å². The summed E-state index contributed by atoms with van der Waals surface area (Å²) < 4.78 is 0. The van der Waals surface area contributed by atoms with E-state index in [1.807, 2.05) is 6.07 Å². The normalized spacial score (nSPS) is 22.7. The van der Waals surface area contributed by atoms with Crippen LogP contribution in [0.1, 0.15) is 23.6 Å². The first kappa shape index (κ1) is 14.9. The monoisotopic (exact) mass is 319 g/mol. The van der Waals surface area contributed by atoms with E-state index in [9.17, 15) is 0 Å². The lowest BCUT2D eigenvalue weighted by Gasteiger charge is -2.34. The minimum Gasteiger partial charge on any atom is -0.305 e. The molecule has 0 aliphatic carbocycles. The van der Waals surface area contributed by atoms with Gasteiger partial charge in [-0.25, -0.2) is 0 Å². The van der Waals surface area contributed by atoms with E-state index in [0.29, 0.717) is 10.0 Å². The molecule has 1 aliphatic rings. The molecular formula is C18H19Cl2N. The van der Waals surface area contributed by atoms with Crippen molar-refractivity contribution < 1.29 is 0 Å². The summed E-state index contributed by atoms with van der Waals surface area (Å²) in [5.41, 5.74) is 3.85. The average Bonchev–Trinajstić information content (AvgIpc) is 2.59. The first-order chi connectivity index (χ1) is 10.0. The summed E-state index contributed by atoms with van der Waals surface area (Å²) in [7, 11) is 2.18. The number of benzene rings is 2. The maximum atomic E-state index is 6.30. The Bertz CT molecular complexity index is 654. The highest BCUT2D eigenvalue weighted by Crippen LogP contribution is 2.40. The van der Waals surface area contributed by atoms with E-state index in [1.54, 1.807) is 0 Å². The molecule has 1 heterocycles. The number of halogens is 2. The summed E-state index contributed by atoms with van der Waals surface area (Å²) in [6.07, 6.45) is 1.01. The van der Waals surface area contributed by atoms with Gasteiger partial charge in [-0.2, -0.15) is 0 Å². The van der Waals surface area contributed by atoms with E-state index in [4.69, 9.17) is 23.2 Å². The molecule has 0 radical (unpaired) electrons. The van der Waals surface area contributed by atoms with Crippen molar-refractivity contribution in [1.82, 2.24) is 4.90 Å². The van der Waals surface area contributed by atoms with Crippen molar-refractivity contribution in [3.63, 3.8) is 0 Å². The molecule has 0 aromatic heterocycles. The Balaban J connectivity index is 2.22. The highest BCUT2D eigenvalue weighted by molar-refractivity contribution is 6.42. The van der Waals surface area contributed by atoms with E-state index >= 15 is 0 Å². The van der Waals surface area contributed by atoms with E-state index in [2.05, 4.69) is 55.3 Å². The molecule has 2 aromatic carbocycles. The third-order valence-corrected chi connectivity index (χ3v) is 5.22. The SMILES string of the molecule is CN1CCc2cc(Cl)c(Cl)cc2C(C)(c2ccccc2)C1. The summed E-state index contributed by atoms with van der Waals surface area (Å²) in [6.45, 7) is 4.31. The van der Waals surface area contributed by atoms with Crippen LogP contribution in [0.3, 0.4) is 0 Å².